The van der Waals surface area contributed by atoms with E-state index >= 15 is 0 Å². The highest BCUT2D eigenvalue weighted by atomic mass is 32.2. The van der Waals surface area contributed by atoms with E-state index in [1.807, 2.05) is 73.8 Å². The van der Waals surface area contributed by atoms with Crippen molar-refractivity contribution in [2.45, 2.75) is 18.2 Å². The molecule has 9 heteroatoms. The Balaban J connectivity index is 1.33. The summed E-state index contributed by atoms with van der Waals surface area (Å²) >= 11 is 4.50. The zero-order chi connectivity index (χ0) is 22.5. The third-order valence-corrected chi connectivity index (χ3v) is 7.52. The van der Waals surface area contributed by atoms with E-state index in [9.17, 15) is 9.59 Å². The van der Waals surface area contributed by atoms with Gasteiger partial charge in [-0.2, -0.15) is 5.10 Å². The molecule has 0 radical (unpaired) electrons. The molecular weight excluding hydrogens is 460 g/mol. The average molecular weight is 481 g/mol. The normalized spacial score (nSPS) is 11.5. The molecule has 0 atom stereocenters. The lowest BCUT2D eigenvalue weighted by molar-refractivity contribution is -0.118. The number of amides is 2. The zero-order valence-corrected chi connectivity index (χ0v) is 19.9. The van der Waals surface area contributed by atoms with Crippen molar-refractivity contribution < 1.29 is 9.59 Å². The molecule has 0 aliphatic carbocycles. The lowest BCUT2D eigenvalue weighted by atomic mass is 10.1. The van der Waals surface area contributed by atoms with Crippen LogP contribution in [0, 0.1) is 6.92 Å². The predicted molar refractivity (Wildman–Crippen MR) is 134 cm³/mol. The Morgan fingerprint density at radius 2 is 1.94 bits per heavy atom. The molecule has 162 valence electrons. The first-order valence-electron chi connectivity index (χ1n) is 9.76. The van der Waals surface area contributed by atoms with Gasteiger partial charge < -0.3 is 5.32 Å². The number of fused-ring (bicyclic) bond motifs is 1. The maximum absolute atomic E-state index is 12.4. The summed E-state index contributed by atoms with van der Waals surface area (Å²) in [7, 11) is 0. The third kappa shape index (κ3) is 5.61. The highest BCUT2D eigenvalue weighted by Gasteiger charge is 2.10. The number of carbonyl (C=O) groups excluding carboxylic acids is 2. The van der Waals surface area contributed by atoms with Crippen LogP contribution in [-0.2, 0) is 4.79 Å². The van der Waals surface area contributed by atoms with Crippen molar-refractivity contribution >= 4 is 67.9 Å². The first-order valence-corrected chi connectivity index (χ1v) is 12.4. The van der Waals surface area contributed by atoms with E-state index < -0.39 is 0 Å². The van der Waals surface area contributed by atoms with Gasteiger partial charge in [0.1, 0.15) is 0 Å². The maximum atomic E-state index is 12.4. The number of carbonyl (C=O) groups is 2. The minimum atomic E-state index is -0.203. The Morgan fingerprint density at radius 1 is 1.09 bits per heavy atom. The van der Waals surface area contributed by atoms with Crippen LogP contribution in [0.15, 0.2) is 69.4 Å². The van der Waals surface area contributed by atoms with Gasteiger partial charge >= 0.3 is 0 Å². The summed E-state index contributed by atoms with van der Waals surface area (Å²) in [6.45, 7) is 3.78. The molecule has 0 bridgehead atoms. The van der Waals surface area contributed by atoms with Crippen LogP contribution in [0.25, 0.3) is 10.2 Å². The minimum Gasteiger partial charge on any atom is -0.322 e. The zero-order valence-electron chi connectivity index (χ0n) is 17.4. The van der Waals surface area contributed by atoms with Crippen LogP contribution in [0.3, 0.4) is 0 Å². The second-order valence-corrected chi connectivity index (χ2v) is 10.3. The number of para-hydroxylation sites is 1. The highest BCUT2D eigenvalue weighted by Crippen LogP contribution is 2.29. The molecule has 0 fully saturated rings. The Hall–Kier alpha value is -3.01. The molecule has 2 N–H and O–H groups in total. The fraction of sp³-hybridized carbons (Fsp3) is 0.130. The first-order chi connectivity index (χ1) is 15.5. The van der Waals surface area contributed by atoms with Gasteiger partial charge in [0.05, 0.1) is 27.2 Å². The number of hydrazone groups is 1. The number of thioether (sulfide) groups is 1. The highest BCUT2D eigenvalue weighted by molar-refractivity contribution is 8.01. The van der Waals surface area contributed by atoms with Crippen molar-refractivity contribution in [1.29, 1.82) is 0 Å². The van der Waals surface area contributed by atoms with Crippen molar-refractivity contribution in [2.75, 3.05) is 11.1 Å². The fourth-order valence-corrected chi connectivity index (χ4v) is 5.41. The van der Waals surface area contributed by atoms with Gasteiger partial charge in [0, 0.05) is 15.9 Å². The van der Waals surface area contributed by atoms with Gasteiger partial charge in [0.15, 0.2) is 4.34 Å². The van der Waals surface area contributed by atoms with Crippen molar-refractivity contribution in [3.63, 3.8) is 0 Å². The van der Waals surface area contributed by atoms with Gasteiger partial charge in [-0.25, -0.2) is 10.4 Å². The molecular formula is C23H20N4O2S3. The van der Waals surface area contributed by atoms with Crippen LogP contribution in [-0.4, -0.2) is 28.3 Å². The van der Waals surface area contributed by atoms with Crippen LogP contribution in [0.4, 0.5) is 5.69 Å². The summed E-state index contributed by atoms with van der Waals surface area (Å²) in [4.78, 5) is 30.2. The van der Waals surface area contributed by atoms with Crippen molar-refractivity contribution in [2.24, 2.45) is 5.10 Å². The van der Waals surface area contributed by atoms with Crippen molar-refractivity contribution in [3.8, 4) is 0 Å². The Morgan fingerprint density at radius 3 is 2.72 bits per heavy atom. The van der Waals surface area contributed by atoms with Crippen LogP contribution < -0.4 is 10.7 Å². The minimum absolute atomic E-state index is 0.152. The third-order valence-electron chi connectivity index (χ3n) is 4.48. The summed E-state index contributed by atoms with van der Waals surface area (Å²) < 4.78 is 1.96. The quantitative estimate of drug-likeness (QED) is 0.206. The van der Waals surface area contributed by atoms with Gasteiger partial charge in [0.2, 0.25) is 0 Å². The molecule has 2 amide bonds. The molecule has 0 aliphatic rings. The van der Waals surface area contributed by atoms with E-state index in [1.54, 1.807) is 11.3 Å². The van der Waals surface area contributed by atoms with E-state index in [0.717, 1.165) is 25.0 Å². The molecule has 4 rings (SSSR count). The number of thiazole rings is 1. The van der Waals surface area contributed by atoms with E-state index in [2.05, 4.69) is 20.8 Å². The lowest BCUT2D eigenvalue weighted by Gasteiger charge is -2.07. The molecule has 0 spiro atoms. The molecule has 2 aromatic carbocycles. The number of nitrogens with one attached hydrogen (secondary N) is 2. The van der Waals surface area contributed by atoms with Crippen LogP contribution in [0.1, 0.15) is 27.7 Å². The standard InChI is InChI=1S/C23H20N4O2S3/c1-14-10-17(12-30-14)22(29)24-18-7-5-6-16(11-18)15(2)26-27-21(28)13-31-23-25-19-8-3-4-9-20(19)32-23/h3-12H,13H2,1-2H3,(H,24,29)(H,27,28)/b26-15-. The molecule has 2 heterocycles. The average Bonchev–Trinajstić information content (AvgIpc) is 3.42. The van der Waals surface area contributed by atoms with Crippen molar-refractivity contribution in [1.82, 2.24) is 10.4 Å². The van der Waals surface area contributed by atoms with E-state index in [0.29, 0.717) is 17.0 Å². The van der Waals surface area contributed by atoms with E-state index in [4.69, 9.17) is 0 Å². The lowest BCUT2D eigenvalue weighted by Crippen LogP contribution is -2.21. The summed E-state index contributed by atoms with van der Waals surface area (Å²) in [5.74, 6) is -0.126. The molecule has 0 aliphatic heterocycles. The number of hydrogen-bond acceptors (Lipinski definition) is 7. The monoisotopic (exact) mass is 480 g/mol. The molecule has 0 unspecified atom stereocenters. The largest absolute Gasteiger partial charge is 0.322 e. The van der Waals surface area contributed by atoms with Gasteiger partial charge in [-0.3, -0.25) is 9.59 Å². The number of rotatable bonds is 7. The maximum Gasteiger partial charge on any atom is 0.256 e. The van der Waals surface area contributed by atoms with Gasteiger partial charge in [-0.15, -0.1) is 22.7 Å². The molecule has 2 aromatic heterocycles. The predicted octanol–water partition coefficient (Wildman–Crippen LogP) is 5.55. The molecule has 6 nitrogen and oxygen atoms in total. The number of hydrogen-bond donors (Lipinski definition) is 2. The summed E-state index contributed by atoms with van der Waals surface area (Å²) in [5, 5.41) is 8.94. The Kier molecular flexibility index (Phi) is 6.99. The topological polar surface area (TPSA) is 83.4 Å². The summed E-state index contributed by atoms with van der Waals surface area (Å²) in [5.41, 5.74) is 6.30. The number of nitrogens with zero attached hydrogens (tertiary/aromatic N) is 2. The number of thiophene rings is 1. The molecule has 32 heavy (non-hydrogen) atoms. The second kappa shape index (κ2) is 10.1. The van der Waals surface area contributed by atoms with E-state index in [-0.39, 0.29) is 17.6 Å². The number of aryl methyl sites for hydroxylation is 1. The van der Waals surface area contributed by atoms with Gasteiger partial charge in [0.25, 0.3) is 11.8 Å². The SMILES string of the molecule is C/C(=N/NC(=O)CSc1nc2ccccc2s1)c1cccc(NC(=O)c2csc(C)c2)c1. The first kappa shape index (κ1) is 22.2. The Bertz CT molecular complexity index is 1280. The molecule has 0 saturated heterocycles. The van der Waals surface area contributed by atoms with Gasteiger partial charge in [-0.05, 0) is 49.7 Å². The van der Waals surface area contributed by atoms with Gasteiger partial charge in [-0.1, -0.05) is 36.0 Å². The number of aromatic nitrogens is 1. The Labute approximate surface area is 197 Å². The molecule has 0 saturated carbocycles. The van der Waals surface area contributed by atoms with Crippen molar-refractivity contribution in [3.05, 3.63) is 76.0 Å². The van der Waals surface area contributed by atoms with E-state index in [1.165, 1.54) is 23.1 Å². The number of anilines is 1. The summed E-state index contributed by atoms with van der Waals surface area (Å²) in [6, 6.07) is 17.1. The van der Waals surface area contributed by atoms with Crippen LogP contribution in [0.2, 0.25) is 0 Å². The smallest absolute Gasteiger partial charge is 0.256 e. The second-order valence-electron chi connectivity index (χ2n) is 6.95. The van der Waals surface area contributed by atoms with Crippen LogP contribution in [0.5, 0.6) is 0 Å². The fourth-order valence-electron chi connectivity index (χ4n) is 2.87. The summed E-state index contributed by atoms with van der Waals surface area (Å²) in [6.07, 6.45) is 0. The number of benzene rings is 2. The molecule has 4 aromatic rings. The van der Waals surface area contributed by atoms with Crippen LogP contribution >= 0.6 is 34.4 Å².